The molecule has 0 aliphatic heterocycles. The first-order chi connectivity index (χ1) is 22.1. The number of carbonyl (C=O) groups is 3. The summed E-state index contributed by atoms with van der Waals surface area (Å²) in [5.41, 5.74) is 11.4. The molecule has 46 heavy (non-hydrogen) atoms. The van der Waals surface area contributed by atoms with Crippen LogP contribution in [-0.2, 0) is 12.8 Å². The number of nitrogens with two attached hydrogens (primary N) is 1. The Hall–Kier alpha value is -4.77. The Morgan fingerprint density at radius 1 is 0.848 bits per heavy atom. The summed E-state index contributed by atoms with van der Waals surface area (Å²) in [5, 5.41) is 22.7. The van der Waals surface area contributed by atoms with E-state index in [2.05, 4.69) is 10.6 Å². The first-order valence-corrected chi connectivity index (χ1v) is 15.9. The number of amides is 1. The van der Waals surface area contributed by atoms with Crippen LogP contribution >= 0.6 is 11.3 Å². The van der Waals surface area contributed by atoms with Gasteiger partial charge in [0.2, 0.25) is 5.78 Å². The number of benzene rings is 3. The molecule has 3 aromatic carbocycles. The van der Waals surface area contributed by atoms with Crippen LogP contribution in [0.25, 0.3) is 11.0 Å². The van der Waals surface area contributed by atoms with Gasteiger partial charge in [-0.05, 0) is 81.1 Å². The number of carbonyl (C=O) groups excluding carboxylic acids is 3. The van der Waals surface area contributed by atoms with Crippen LogP contribution in [0.2, 0.25) is 0 Å². The minimum absolute atomic E-state index is 0.0491. The van der Waals surface area contributed by atoms with Gasteiger partial charge in [0.25, 0.3) is 5.91 Å². The fourth-order valence-electron chi connectivity index (χ4n) is 4.63. The summed E-state index contributed by atoms with van der Waals surface area (Å²) < 4.78 is 5.81. The van der Waals surface area contributed by atoms with E-state index in [1.54, 1.807) is 50.2 Å². The number of thiophene rings is 1. The zero-order chi connectivity index (χ0) is 33.8. The molecule has 0 atom stereocenters. The van der Waals surface area contributed by atoms with Gasteiger partial charge in [0.1, 0.15) is 15.5 Å². The second kappa shape index (κ2) is 17.1. The van der Waals surface area contributed by atoms with Gasteiger partial charge in [-0.15, -0.1) is 11.3 Å². The highest BCUT2D eigenvalue weighted by Gasteiger charge is 2.29. The van der Waals surface area contributed by atoms with E-state index in [9.17, 15) is 14.4 Å². The molecule has 0 spiro atoms. The predicted molar refractivity (Wildman–Crippen MR) is 187 cm³/mol. The van der Waals surface area contributed by atoms with Crippen LogP contribution in [0.3, 0.4) is 0 Å². The fourth-order valence-corrected chi connectivity index (χ4v) is 5.71. The smallest absolute Gasteiger partial charge is 0.260 e. The predicted octanol–water partition coefficient (Wildman–Crippen LogP) is 7.63. The number of aryl methyl sites for hydroxylation is 2. The molecule has 2 heterocycles. The van der Waals surface area contributed by atoms with Crippen LogP contribution in [-0.4, -0.2) is 40.9 Å². The van der Waals surface area contributed by atoms with Gasteiger partial charge in [-0.1, -0.05) is 50.2 Å². The van der Waals surface area contributed by atoms with E-state index in [0.29, 0.717) is 21.8 Å². The second-order valence-corrected chi connectivity index (χ2v) is 11.1. The lowest BCUT2D eigenvalue weighted by Gasteiger charge is -2.15. The number of ketones is 2. The Labute approximate surface area is 273 Å². The standard InChI is InChI=1S/C32H29N3O4S.2C2H6O/c1-4-19-10-8-11-20(5-2)28(19)35-31(38)26-27(33)30(29(37)25-17-22-9-6-7-12-24(22)39-25)40-32(26)34-23-15-13-21(14-16-23)18(3)36;2*1-2-3/h6-17,34H,4-5,33H2,1-3H3,(H,35,38);2*3H,2H2,1H3. The molecule has 2 aromatic heterocycles. The molecule has 0 radical (unpaired) electrons. The molecule has 5 rings (SSSR count). The van der Waals surface area contributed by atoms with E-state index in [4.69, 9.17) is 20.4 Å². The molecular formula is C36H41N3O6S. The van der Waals surface area contributed by atoms with Crippen molar-refractivity contribution in [1.82, 2.24) is 0 Å². The largest absolute Gasteiger partial charge is 0.453 e. The number of aliphatic hydroxyl groups is 2. The summed E-state index contributed by atoms with van der Waals surface area (Å²) in [6, 6.07) is 21.9. The van der Waals surface area contributed by atoms with E-state index >= 15 is 0 Å². The molecule has 0 saturated carbocycles. The number of hydrogen-bond acceptors (Lipinski definition) is 9. The number of nitrogen functional groups attached to an aromatic ring is 1. The number of para-hydroxylation sites is 2. The molecule has 242 valence electrons. The van der Waals surface area contributed by atoms with Crippen molar-refractivity contribution < 1.29 is 29.0 Å². The van der Waals surface area contributed by atoms with Gasteiger partial charge in [-0.3, -0.25) is 14.4 Å². The van der Waals surface area contributed by atoms with Crippen molar-refractivity contribution in [3.63, 3.8) is 0 Å². The highest BCUT2D eigenvalue weighted by molar-refractivity contribution is 7.19. The van der Waals surface area contributed by atoms with Crippen molar-refractivity contribution in [3.8, 4) is 0 Å². The van der Waals surface area contributed by atoms with Gasteiger partial charge in [-0.25, -0.2) is 0 Å². The molecule has 5 aromatic rings. The minimum atomic E-state index is -0.420. The zero-order valence-electron chi connectivity index (χ0n) is 26.8. The van der Waals surface area contributed by atoms with E-state index in [-0.39, 0.29) is 40.9 Å². The van der Waals surface area contributed by atoms with Crippen LogP contribution < -0.4 is 16.4 Å². The van der Waals surface area contributed by atoms with Gasteiger partial charge in [-0.2, -0.15) is 0 Å². The number of furan rings is 1. The first kappa shape index (κ1) is 35.7. The van der Waals surface area contributed by atoms with Crippen LogP contribution in [0.5, 0.6) is 0 Å². The number of hydrogen-bond donors (Lipinski definition) is 5. The lowest BCUT2D eigenvalue weighted by molar-refractivity contribution is 0.101. The average molecular weight is 644 g/mol. The monoisotopic (exact) mass is 643 g/mol. The quantitative estimate of drug-likeness (QED) is 0.103. The Morgan fingerprint density at radius 2 is 1.43 bits per heavy atom. The number of fused-ring (bicyclic) bond motifs is 1. The second-order valence-electron chi connectivity index (χ2n) is 10.0. The molecular weight excluding hydrogens is 602 g/mol. The summed E-state index contributed by atoms with van der Waals surface area (Å²) >= 11 is 1.09. The molecule has 0 saturated heterocycles. The van der Waals surface area contributed by atoms with E-state index in [1.165, 1.54) is 6.92 Å². The van der Waals surface area contributed by atoms with Gasteiger partial charge >= 0.3 is 0 Å². The van der Waals surface area contributed by atoms with Crippen molar-refractivity contribution in [2.24, 2.45) is 0 Å². The van der Waals surface area contributed by atoms with Crippen molar-refractivity contribution in [2.45, 2.75) is 47.5 Å². The van der Waals surface area contributed by atoms with Crippen molar-refractivity contribution in [2.75, 3.05) is 29.6 Å². The number of aliphatic hydroxyl groups excluding tert-OH is 2. The molecule has 0 bridgehead atoms. The minimum Gasteiger partial charge on any atom is -0.453 e. The third-order valence-corrected chi connectivity index (χ3v) is 7.93. The zero-order valence-corrected chi connectivity index (χ0v) is 27.6. The van der Waals surface area contributed by atoms with Gasteiger partial charge in [0, 0.05) is 35.5 Å². The molecule has 9 nitrogen and oxygen atoms in total. The maximum Gasteiger partial charge on any atom is 0.260 e. The topological polar surface area (TPSA) is 155 Å². The van der Waals surface area contributed by atoms with Gasteiger partial charge in [0.15, 0.2) is 11.5 Å². The van der Waals surface area contributed by atoms with Crippen molar-refractivity contribution in [1.29, 1.82) is 0 Å². The third-order valence-electron chi connectivity index (χ3n) is 6.81. The Balaban J connectivity index is 0.000000891. The lowest BCUT2D eigenvalue weighted by Crippen LogP contribution is -2.17. The average Bonchev–Trinajstić information content (AvgIpc) is 3.62. The number of nitrogens with one attached hydrogen (secondary N) is 2. The van der Waals surface area contributed by atoms with Crippen molar-refractivity contribution in [3.05, 3.63) is 106 Å². The molecule has 0 aliphatic carbocycles. The summed E-state index contributed by atoms with van der Waals surface area (Å²) in [5.74, 6) is -0.734. The van der Waals surface area contributed by atoms with Gasteiger partial charge in [0.05, 0.1) is 11.3 Å². The van der Waals surface area contributed by atoms with Crippen LogP contribution in [0.4, 0.5) is 22.1 Å². The maximum absolute atomic E-state index is 13.8. The third kappa shape index (κ3) is 8.48. The number of rotatable bonds is 9. The Kier molecular flexibility index (Phi) is 13.2. The molecule has 0 unspecified atom stereocenters. The van der Waals surface area contributed by atoms with Crippen LogP contribution in [0.1, 0.15) is 81.9 Å². The lowest BCUT2D eigenvalue weighted by atomic mass is 10.0. The number of Topliss-reactive ketones (excluding diaryl/α,β-unsaturated/α-hetero) is 1. The Bertz CT molecular complexity index is 1730. The summed E-state index contributed by atoms with van der Waals surface area (Å²) in [6.07, 6.45) is 1.48. The van der Waals surface area contributed by atoms with Gasteiger partial charge < -0.3 is 31.0 Å². The van der Waals surface area contributed by atoms with Crippen LogP contribution in [0.15, 0.2) is 77.2 Å². The molecule has 6 N–H and O–H groups in total. The summed E-state index contributed by atoms with van der Waals surface area (Å²) in [6.45, 7) is 9.43. The SMILES string of the molecule is CCO.CCO.CCc1cccc(CC)c1NC(=O)c1c(Nc2ccc(C(C)=O)cc2)sc(C(=O)c2cc3ccccc3o2)c1N. The van der Waals surface area contributed by atoms with Crippen LogP contribution in [0, 0.1) is 0 Å². The molecule has 0 fully saturated rings. The molecule has 10 heteroatoms. The maximum atomic E-state index is 13.8. The highest BCUT2D eigenvalue weighted by Crippen LogP contribution is 2.40. The summed E-state index contributed by atoms with van der Waals surface area (Å²) in [4.78, 5) is 39.4. The summed E-state index contributed by atoms with van der Waals surface area (Å²) in [7, 11) is 0. The Morgan fingerprint density at radius 3 is 1.98 bits per heavy atom. The van der Waals surface area contributed by atoms with E-state index in [0.717, 1.165) is 46.4 Å². The number of anilines is 4. The van der Waals surface area contributed by atoms with E-state index < -0.39 is 11.7 Å². The van der Waals surface area contributed by atoms with Crippen molar-refractivity contribution >= 4 is 61.8 Å². The highest BCUT2D eigenvalue weighted by atomic mass is 32.1. The normalized spacial score (nSPS) is 10.3. The first-order valence-electron chi connectivity index (χ1n) is 15.1. The molecule has 0 aliphatic rings. The van der Waals surface area contributed by atoms with E-state index in [1.807, 2.05) is 50.2 Å². The fraction of sp³-hybridized carbons (Fsp3) is 0.250. The molecule has 1 amide bonds.